The largest absolute Gasteiger partial charge is 0.429 e. The van der Waals surface area contributed by atoms with Gasteiger partial charge in [-0.05, 0) is 34.9 Å². The van der Waals surface area contributed by atoms with Crippen molar-refractivity contribution in [3.05, 3.63) is 48.0 Å². The second-order valence-electron chi connectivity index (χ2n) is 4.34. The minimum atomic E-state index is 0.0187. The lowest BCUT2D eigenvalue weighted by atomic mass is 10.0. The molecule has 0 radical (unpaired) electrons. The van der Waals surface area contributed by atoms with Gasteiger partial charge in [0.25, 0.3) is 6.47 Å². The lowest BCUT2D eigenvalue weighted by Crippen LogP contribution is -2.03. The smallest absolute Gasteiger partial charge is 0.298 e. The summed E-state index contributed by atoms with van der Waals surface area (Å²) in [7, 11) is 0. The Bertz CT molecular complexity index is 664. The number of ether oxygens (including phenoxy) is 1. The van der Waals surface area contributed by atoms with Gasteiger partial charge in [0, 0.05) is 5.69 Å². The van der Waals surface area contributed by atoms with E-state index in [1.165, 1.54) is 0 Å². The normalized spacial score (nSPS) is 12.7. The second-order valence-corrected chi connectivity index (χ2v) is 4.34. The summed E-state index contributed by atoms with van der Waals surface area (Å²) in [6, 6.07) is 13.1. The highest BCUT2D eigenvalue weighted by Crippen LogP contribution is 2.30. The van der Waals surface area contributed by atoms with Gasteiger partial charge in [0.2, 0.25) is 5.91 Å². The average Bonchev–Trinajstić information content (AvgIpc) is 2.78. The molecule has 0 aliphatic carbocycles. The van der Waals surface area contributed by atoms with Crippen LogP contribution in [-0.2, 0) is 16.0 Å². The first kappa shape index (κ1) is 11.5. The number of anilines is 1. The van der Waals surface area contributed by atoms with E-state index in [-0.39, 0.29) is 5.91 Å². The first-order valence-electron chi connectivity index (χ1n) is 5.90. The number of carbonyl (C=O) groups excluding carboxylic acids is 2. The Labute approximate surface area is 110 Å². The van der Waals surface area contributed by atoms with Crippen LogP contribution in [0.3, 0.4) is 0 Å². The van der Waals surface area contributed by atoms with Gasteiger partial charge in [-0.3, -0.25) is 9.59 Å². The Balaban J connectivity index is 1.99. The molecule has 0 spiro atoms. The molecule has 0 saturated carbocycles. The van der Waals surface area contributed by atoms with Gasteiger partial charge in [0.1, 0.15) is 5.75 Å². The molecule has 0 unspecified atom stereocenters. The van der Waals surface area contributed by atoms with Crippen LogP contribution in [0.5, 0.6) is 5.75 Å². The first-order valence-corrected chi connectivity index (χ1v) is 5.90. The number of fused-ring (bicyclic) bond motifs is 1. The average molecular weight is 253 g/mol. The lowest BCUT2D eigenvalue weighted by Gasteiger charge is -2.06. The molecular weight excluding hydrogens is 242 g/mol. The number of hydrogen-bond donors (Lipinski definition) is 1. The Hall–Kier alpha value is -2.62. The van der Waals surface area contributed by atoms with E-state index >= 15 is 0 Å². The summed E-state index contributed by atoms with van der Waals surface area (Å²) in [6.07, 6.45) is 0.434. The monoisotopic (exact) mass is 253 g/mol. The highest BCUT2D eigenvalue weighted by Gasteiger charge is 2.17. The molecule has 0 atom stereocenters. The minimum absolute atomic E-state index is 0.0187. The summed E-state index contributed by atoms with van der Waals surface area (Å²) in [5.74, 6) is 0.516. The molecule has 2 aromatic rings. The maximum absolute atomic E-state index is 11.3. The van der Waals surface area contributed by atoms with Crippen LogP contribution in [-0.4, -0.2) is 12.4 Å². The Morgan fingerprint density at radius 1 is 1.11 bits per heavy atom. The van der Waals surface area contributed by atoms with Crippen LogP contribution in [0, 0.1) is 0 Å². The van der Waals surface area contributed by atoms with Crippen LogP contribution in [0.1, 0.15) is 5.56 Å². The highest BCUT2D eigenvalue weighted by atomic mass is 16.5. The third-order valence-corrected chi connectivity index (χ3v) is 3.09. The number of nitrogens with one attached hydrogen (secondary N) is 1. The third kappa shape index (κ3) is 2.20. The zero-order valence-electron chi connectivity index (χ0n) is 10.1. The zero-order valence-corrected chi connectivity index (χ0v) is 10.1. The van der Waals surface area contributed by atoms with Gasteiger partial charge in [0.05, 0.1) is 6.42 Å². The quantitative estimate of drug-likeness (QED) is 0.854. The second kappa shape index (κ2) is 4.57. The standard InChI is InChI=1S/C15H11NO3/c17-9-19-13-3-1-2-10(6-13)11-4-5-12-8-15(18)16-14(12)7-11/h1-7,9H,8H2,(H,16,18). The Morgan fingerprint density at radius 3 is 2.79 bits per heavy atom. The van der Waals surface area contributed by atoms with E-state index < -0.39 is 0 Å². The van der Waals surface area contributed by atoms with E-state index in [1.807, 2.05) is 30.3 Å². The lowest BCUT2D eigenvalue weighted by molar-refractivity contribution is -0.120. The summed E-state index contributed by atoms with van der Waals surface area (Å²) in [5, 5.41) is 2.82. The molecule has 1 amide bonds. The molecular formula is C15H11NO3. The maximum atomic E-state index is 11.3. The summed E-state index contributed by atoms with van der Waals surface area (Å²) in [6.45, 7) is 0.405. The van der Waals surface area contributed by atoms with Crippen LogP contribution in [0.2, 0.25) is 0 Å². The van der Waals surface area contributed by atoms with Crippen molar-refractivity contribution in [2.24, 2.45) is 0 Å². The fourth-order valence-electron chi connectivity index (χ4n) is 2.20. The molecule has 0 bridgehead atoms. The topological polar surface area (TPSA) is 55.4 Å². The molecule has 0 fully saturated rings. The number of benzene rings is 2. The molecule has 1 aliphatic rings. The zero-order chi connectivity index (χ0) is 13.2. The number of rotatable bonds is 3. The molecule has 4 heteroatoms. The molecule has 1 heterocycles. The number of carbonyl (C=O) groups is 2. The predicted octanol–water partition coefficient (Wildman–Crippen LogP) is 2.38. The van der Waals surface area contributed by atoms with Crippen LogP contribution in [0.15, 0.2) is 42.5 Å². The molecule has 0 saturated heterocycles. The highest BCUT2D eigenvalue weighted by molar-refractivity contribution is 6.00. The van der Waals surface area contributed by atoms with Crippen LogP contribution in [0.25, 0.3) is 11.1 Å². The number of amides is 1. The van der Waals surface area contributed by atoms with E-state index in [2.05, 4.69) is 5.32 Å². The van der Waals surface area contributed by atoms with Crippen molar-refractivity contribution < 1.29 is 14.3 Å². The first-order chi connectivity index (χ1) is 9.26. The summed E-state index contributed by atoms with van der Waals surface area (Å²) in [5.41, 5.74) is 3.76. The van der Waals surface area contributed by atoms with E-state index in [4.69, 9.17) is 4.74 Å². The van der Waals surface area contributed by atoms with E-state index in [1.54, 1.807) is 12.1 Å². The van der Waals surface area contributed by atoms with Crippen molar-refractivity contribution in [1.82, 2.24) is 0 Å². The Kier molecular flexibility index (Phi) is 2.76. The predicted molar refractivity (Wildman–Crippen MR) is 70.9 cm³/mol. The fourth-order valence-corrected chi connectivity index (χ4v) is 2.20. The van der Waals surface area contributed by atoms with Crippen molar-refractivity contribution in [3.63, 3.8) is 0 Å². The molecule has 1 N–H and O–H groups in total. The molecule has 2 aromatic carbocycles. The molecule has 0 aromatic heterocycles. The summed E-state index contributed by atoms with van der Waals surface area (Å²) in [4.78, 5) is 21.7. The molecule has 94 valence electrons. The van der Waals surface area contributed by atoms with Crippen molar-refractivity contribution in [1.29, 1.82) is 0 Å². The van der Waals surface area contributed by atoms with Crippen LogP contribution < -0.4 is 10.1 Å². The van der Waals surface area contributed by atoms with Crippen LogP contribution >= 0.6 is 0 Å². The van der Waals surface area contributed by atoms with Gasteiger partial charge in [-0.2, -0.15) is 0 Å². The van der Waals surface area contributed by atoms with Gasteiger partial charge in [-0.15, -0.1) is 0 Å². The van der Waals surface area contributed by atoms with Gasteiger partial charge in [0.15, 0.2) is 0 Å². The third-order valence-electron chi connectivity index (χ3n) is 3.09. The van der Waals surface area contributed by atoms with Crippen LogP contribution in [0.4, 0.5) is 5.69 Å². The minimum Gasteiger partial charge on any atom is -0.429 e. The van der Waals surface area contributed by atoms with Gasteiger partial charge < -0.3 is 10.1 Å². The molecule has 3 rings (SSSR count). The maximum Gasteiger partial charge on any atom is 0.298 e. The molecule has 4 nitrogen and oxygen atoms in total. The van der Waals surface area contributed by atoms with E-state index in [9.17, 15) is 9.59 Å². The number of hydrogen-bond acceptors (Lipinski definition) is 3. The molecule has 19 heavy (non-hydrogen) atoms. The van der Waals surface area contributed by atoms with E-state index in [0.717, 1.165) is 22.4 Å². The SMILES string of the molecule is O=COc1cccc(-c2ccc3c(c2)NC(=O)C3)c1. The van der Waals surface area contributed by atoms with Crippen molar-refractivity contribution in [3.8, 4) is 16.9 Å². The Morgan fingerprint density at radius 2 is 1.95 bits per heavy atom. The van der Waals surface area contributed by atoms with Gasteiger partial charge in [-0.1, -0.05) is 24.3 Å². The molecule has 1 aliphatic heterocycles. The summed E-state index contributed by atoms with van der Waals surface area (Å²) >= 11 is 0. The van der Waals surface area contributed by atoms with Gasteiger partial charge in [-0.25, -0.2) is 0 Å². The van der Waals surface area contributed by atoms with Gasteiger partial charge >= 0.3 is 0 Å². The van der Waals surface area contributed by atoms with E-state index in [0.29, 0.717) is 18.6 Å². The van der Waals surface area contributed by atoms with Crippen molar-refractivity contribution in [2.45, 2.75) is 6.42 Å². The van der Waals surface area contributed by atoms with Crippen molar-refractivity contribution >= 4 is 18.1 Å². The summed E-state index contributed by atoms with van der Waals surface area (Å²) < 4.78 is 4.83. The van der Waals surface area contributed by atoms with Crippen molar-refractivity contribution in [2.75, 3.05) is 5.32 Å². The fraction of sp³-hybridized carbons (Fsp3) is 0.0667.